The van der Waals surface area contributed by atoms with Gasteiger partial charge in [-0.25, -0.2) is 0 Å². The maximum Gasteiger partial charge on any atom is 0.0635 e. The minimum Gasteiger partial charge on any atom is -0.268 e. The molecule has 0 N–H and O–H groups in total. The molecular formula is C9H13BrN2. The topological polar surface area (TPSA) is 17.8 Å². The first-order chi connectivity index (χ1) is 5.81. The van der Waals surface area contributed by atoms with Crippen LogP contribution >= 0.6 is 15.9 Å². The summed E-state index contributed by atoms with van der Waals surface area (Å²) >= 11 is 3.50. The lowest BCUT2D eigenvalue weighted by atomic mass is 10.3. The molecule has 2 nitrogen and oxygen atoms in total. The van der Waals surface area contributed by atoms with Gasteiger partial charge in [-0.15, -0.1) is 0 Å². The summed E-state index contributed by atoms with van der Waals surface area (Å²) in [5.41, 5.74) is 1.34. The SMILES string of the molecule is CCc1c(Br)cnn1CC1CC1. The van der Waals surface area contributed by atoms with Crippen LogP contribution in [0.3, 0.4) is 0 Å². The summed E-state index contributed by atoms with van der Waals surface area (Å²) in [5, 5.41) is 4.34. The van der Waals surface area contributed by atoms with E-state index in [1.807, 2.05) is 6.20 Å². The Labute approximate surface area is 81.1 Å². The number of hydrogen-bond acceptors (Lipinski definition) is 1. The third-order valence-electron chi connectivity index (χ3n) is 2.36. The Morgan fingerprint density at radius 3 is 3.00 bits per heavy atom. The summed E-state index contributed by atoms with van der Waals surface area (Å²) in [6.07, 6.45) is 5.75. The van der Waals surface area contributed by atoms with Crippen LogP contribution in [0.25, 0.3) is 0 Å². The minimum atomic E-state index is 0.905. The van der Waals surface area contributed by atoms with Crippen molar-refractivity contribution >= 4 is 15.9 Å². The van der Waals surface area contributed by atoms with E-state index >= 15 is 0 Å². The summed E-state index contributed by atoms with van der Waals surface area (Å²) in [6, 6.07) is 0. The molecule has 1 heterocycles. The molecular weight excluding hydrogens is 216 g/mol. The number of hydrogen-bond donors (Lipinski definition) is 0. The van der Waals surface area contributed by atoms with Crippen LogP contribution < -0.4 is 0 Å². The number of aromatic nitrogens is 2. The average molecular weight is 229 g/mol. The van der Waals surface area contributed by atoms with E-state index in [9.17, 15) is 0 Å². The first-order valence-corrected chi connectivity index (χ1v) is 5.30. The normalized spacial score (nSPS) is 16.8. The number of halogens is 1. The lowest BCUT2D eigenvalue weighted by Gasteiger charge is -2.03. The first-order valence-electron chi connectivity index (χ1n) is 4.51. The second-order valence-corrected chi connectivity index (χ2v) is 4.27. The van der Waals surface area contributed by atoms with Crippen LogP contribution in [0, 0.1) is 5.92 Å². The molecule has 1 aromatic rings. The van der Waals surface area contributed by atoms with Gasteiger partial charge in [-0.05, 0) is 41.1 Å². The molecule has 0 radical (unpaired) electrons. The van der Waals surface area contributed by atoms with Crippen molar-refractivity contribution in [3.05, 3.63) is 16.4 Å². The second kappa shape index (κ2) is 3.21. The van der Waals surface area contributed by atoms with E-state index in [0.29, 0.717) is 0 Å². The van der Waals surface area contributed by atoms with Gasteiger partial charge in [0.25, 0.3) is 0 Å². The Hall–Kier alpha value is -0.310. The summed E-state index contributed by atoms with van der Waals surface area (Å²) in [6.45, 7) is 3.29. The van der Waals surface area contributed by atoms with Gasteiger partial charge < -0.3 is 0 Å². The molecule has 66 valence electrons. The lowest BCUT2D eigenvalue weighted by Crippen LogP contribution is -2.05. The van der Waals surface area contributed by atoms with E-state index in [1.165, 1.54) is 18.5 Å². The van der Waals surface area contributed by atoms with Gasteiger partial charge in [-0.3, -0.25) is 4.68 Å². The first kappa shape index (κ1) is 8.30. The minimum absolute atomic E-state index is 0.905. The fourth-order valence-corrected chi connectivity index (χ4v) is 2.02. The van der Waals surface area contributed by atoms with E-state index in [4.69, 9.17) is 0 Å². The van der Waals surface area contributed by atoms with E-state index in [-0.39, 0.29) is 0 Å². The fraction of sp³-hybridized carbons (Fsp3) is 0.667. The van der Waals surface area contributed by atoms with Crippen molar-refractivity contribution < 1.29 is 0 Å². The molecule has 0 amide bonds. The quantitative estimate of drug-likeness (QED) is 0.778. The smallest absolute Gasteiger partial charge is 0.0635 e. The van der Waals surface area contributed by atoms with E-state index in [2.05, 4.69) is 32.6 Å². The largest absolute Gasteiger partial charge is 0.268 e. The van der Waals surface area contributed by atoms with Gasteiger partial charge in [-0.2, -0.15) is 5.10 Å². The van der Waals surface area contributed by atoms with E-state index in [0.717, 1.165) is 23.4 Å². The van der Waals surface area contributed by atoms with Gasteiger partial charge in [0.1, 0.15) is 0 Å². The maximum absolute atomic E-state index is 4.34. The van der Waals surface area contributed by atoms with Crippen molar-refractivity contribution in [1.82, 2.24) is 9.78 Å². The van der Waals surface area contributed by atoms with Crippen LogP contribution in [0.5, 0.6) is 0 Å². The van der Waals surface area contributed by atoms with Crippen LogP contribution in [-0.4, -0.2) is 9.78 Å². The van der Waals surface area contributed by atoms with E-state index < -0.39 is 0 Å². The molecule has 0 aliphatic heterocycles. The van der Waals surface area contributed by atoms with Gasteiger partial charge in [0.15, 0.2) is 0 Å². The van der Waals surface area contributed by atoms with Crippen LogP contribution in [0.2, 0.25) is 0 Å². The summed E-state index contributed by atoms with van der Waals surface area (Å²) < 4.78 is 3.30. The predicted octanol–water partition coefficient (Wildman–Crippen LogP) is 2.62. The third kappa shape index (κ3) is 1.56. The second-order valence-electron chi connectivity index (χ2n) is 3.42. The van der Waals surface area contributed by atoms with Crippen LogP contribution in [0.15, 0.2) is 10.7 Å². The molecule has 1 saturated carbocycles. The average Bonchev–Trinajstić information content (AvgIpc) is 2.78. The predicted molar refractivity (Wildman–Crippen MR) is 52.0 cm³/mol. The van der Waals surface area contributed by atoms with Crippen molar-refractivity contribution in [2.45, 2.75) is 32.7 Å². The van der Waals surface area contributed by atoms with Gasteiger partial charge in [0, 0.05) is 6.54 Å². The zero-order valence-corrected chi connectivity index (χ0v) is 8.84. The standard InChI is InChI=1S/C9H13BrN2/c1-2-9-8(10)5-11-12(9)6-7-3-4-7/h5,7H,2-4,6H2,1H3. The lowest BCUT2D eigenvalue weighted by molar-refractivity contribution is 0.541. The van der Waals surface area contributed by atoms with Crippen molar-refractivity contribution in [2.24, 2.45) is 5.92 Å². The Morgan fingerprint density at radius 2 is 2.42 bits per heavy atom. The number of nitrogens with zero attached hydrogens (tertiary/aromatic N) is 2. The summed E-state index contributed by atoms with van der Waals surface area (Å²) in [7, 11) is 0. The van der Waals surface area contributed by atoms with E-state index in [1.54, 1.807) is 0 Å². The van der Waals surface area contributed by atoms with Crippen molar-refractivity contribution in [3.8, 4) is 0 Å². The Balaban J connectivity index is 2.16. The molecule has 0 aromatic carbocycles. The molecule has 1 fully saturated rings. The summed E-state index contributed by atoms with van der Waals surface area (Å²) in [4.78, 5) is 0. The van der Waals surface area contributed by atoms with Gasteiger partial charge in [-0.1, -0.05) is 6.92 Å². The molecule has 12 heavy (non-hydrogen) atoms. The molecule has 0 spiro atoms. The highest BCUT2D eigenvalue weighted by molar-refractivity contribution is 9.10. The highest BCUT2D eigenvalue weighted by atomic mass is 79.9. The third-order valence-corrected chi connectivity index (χ3v) is 3.02. The van der Waals surface area contributed by atoms with Gasteiger partial charge >= 0.3 is 0 Å². The maximum atomic E-state index is 4.34. The number of rotatable bonds is 3. The fourth-order valence-electron chi connectivity index (χ4n) is 1.44. The molecule has 1 aliphatic rings. The molecule has 0 unspecified atom stereocenters. The van der Waals surface area contributed by atoms with Crippen molar-refractivity contribution in [2.75, 3.05) is 0 Å². The van der Waals surface area contributed by atoms with Gasteiger partial charge in [0.2, 0.25) is 0 Å². The molecule has 0 saturated heterocycles. The highest BCUT2D eigenvalue weighted by Gasteiger charge is 2.23. The van der Waals surface area contributed by atoms with Crippen molar-refractivity contribution in [3.63, 3.8) is 0 Å². The monoisotopic (exact) mass is 228 g/mol. The zero-order valence-electron chi connectivity index (χ0n) is 7.26. The zero-order chi connectivity index (χ0) is 8.55. The summed E-state index contributed by atoms with van der Waals surface area (Å²) in [5.74, 6) is 0.905. The highest BCUT2D eigenvalue weighted by Crippen LogP contribution is 2.31. The molecule has 1 aliphatic carbocycles. The van der Waals surface area contributed by atoms with Crippen LogP contribution in [0.1, 0.15) is 25.5 Å². The van der Waals surface area contributed by atoms with Crippen LogP contribution in [-0.2, 0) is 13.0 Å². The van der Waals surface area contributed by atoms with Gasteiger partial charge in [0.05, 0.1) is 16.4 Å². The van der Waals surface area contributed by atoms with Crippen molar-refractivity contribution in [1.29, 1.82) is 0 Å². The Morgan fingerprint density at radius 1 is 1.67 bits per heavy atom. The molecule has 0 atom stereocenters. The van der Waals surface area contributed by atoms with Crippen LogP contribution in [0.4, 0.5) is 0 Å². The molecule has 0 bridgehead atoms. The Kier molecular flexibility index (Phi) is 2.22. The molecule has 2 rings (SSSR count). The molecule has 3 heteroatoms. The Bertz CT molecular complexity index is 276. The molecule has 1 aromatic heterocycles.